The normalized spacial score (nSPS) is 21.0. The SMILES string of the molecule is Cl.O=C1CCCCCCCCCCNC(=O)NCCC1. The van der Waals surface area contributed by atoms with Gasteiger partial charge in [-0.2, -0.15) is 0 Å². The van der Waals surface area contributed by atoms with Gasteiger partial charge in [-0.05, 0) is 19.3 Å². The molecule has 1 fully saturated rings. The third-order valence-electron chi connectivity index (χ3n) is 3.59. The zero-order valence-electron chi connectivity index (χ0n) is 12.4. The Balaban J connectivity index is 0.00000361. The molecule has 118 valence electrons. The average molecular weight is 305 g/mol. The van der Waals surface area contributed by atoms with E-state index in [1.165, 1.54) is 38.5 Å². The topological polar surface area (TPSA) is 58.2 Å². The first kappa shape index (κ1) is 19.2. The van der Waals surface area contributed by atoms with Crippen molar-refractivity contribution in [1.29, 1.82) is 0 Å². The Bertz CT molecular complexity index is 247. The monoisotopic (exact) mass is 304 g/mol. The molecule has 0 bridgehead atoms. The average Bonchev–Trinajstić information content (AvgIpc) is 2.40. The van der Waals surface area contributed by atoms with Gasteiger partial charge < -0.3 is 10.6 Å². The molecule has 20 heavy (non-hydrogen) atoms. The second-order valence-electron chi connectivity index (χ2n) is 5.40. The molecule has 0 spiro atoms. The van der Waals surface area contributed by atoms with E-state index in [4.69, 9.17) is 0 Å². The minimum Gasteiger partial charge on any atom is -0.338 e. The van der Waals surface area contributed by atoms with Crippen LogP contribution in [0.4, 0.5) is 4.79 Å². The smallest absolute Gasteiger partial charge is 0.314 e. The molecule has 0 saturated carbocycles. The lowest BCUT2D eigenvalue weighted by atomic mass is 10.0. The third kappa shape index (κ3) is 11.1. The van der Waals surface area contributed by atoms with Crippen LogP contribution in [0.25, 0.3) is 0 Å². The largest absolute Gasteiger partial charge is 0.338 e. The number of hydrogen-bond acceptors (Lipinski definition) is 2. The van der Waals surface area contributed by atoms with Crippen molar-refractivity contribution in [2.24, 2.45) is 0 Å². The lowest BCUT2D eigenvalue weighted by Gasteiger charge is -2.07. The van der Waals surface area contributed by atoms with E-state index in [-0.39, 0.29) is 18.4 Å². The predicted molar refractivity (Wildman–Crippen MR) is 84.4 cm³/mol. The molecular weight excluding hydrogens is 276 g/mol. The van der Waals surface area contributed by atoms with Crippen LogP contribution in [-0.2, 0) is 4.79 Å². The lowest BCUT2D eigenvalue weighted by molar-refractivity contribution is -0.119. The third-order valence-corrected chi connectivity index (χ3v) is 3.59. The highest BCUT2D eigenvalue weighted by Gasteiger charge is 2.04. The maximum atomic E-state index is 11.6. The van der Waals surface area contributed by atoms with E-state index in [0.29, 0.717) is 25.2 Å². The van der Waals surface area contributed by atoms with Gasteiger partial charge in [0.2, 0.25) is 0 Å². The molecular formula is C15H29ClN2O2. The molecule has 5 heteroatoms. The summed E-state index contributed by atoms with van der Waals surface area (Å²) in [5.74, 6) is 0.339. The number of carbonyl (C=O) groups is 2. The zero-order chi connectivity index (χ0) is 13.8. The van der Waals surface area contributed by atoms with E-state index in [0.717, 1.165) is 25.8 Å². The van der Waals surface area contributed by atoms with Crippen LogP contribution < -0.4 is 10.6 Å². The molecule has 1 saturated heterocycles. The molecule has 0 aromatic rings. The summed E-state index contributed by atoms with van der Waals surface area (Å²) in [5.41, 5.74) is 0. The summed E-state index contributed by atoms with van der Waals surface area (Å²) in [7, 11) is 0. The Hall–Kier alpha value is -0.770. The standard InChI is InChI=1S/C15H28N2O2.ClH/c18-14-10-7-5-3-1-2-4-6-8-12-16-15(19)17-13-9-11-14;/h1-13H2,(H2,16,17,19);1H. The van der Waals surface area contributed by atoms with Crippen LogP contribution in [0.15, 0.2) is 0 Å². The highest BCUT2D eigenvalue weighted by Crippen LogP contribution is 2.10. The van der Waals surface area contributed by atoms with E-state index in [1.54, 1.807) is 0 Å². The second kappa shape index (κ2) is 13.2. The molecule has 1 rings (SSSR count). The lowest BCUT2D eigenvalue weighted by Crippen LogP contribution is -2.36. The Morgan fingerprint density at radius 1 is 0.600 bits per heavy atom. The number of rotatable bonds is 0. The minimum absolute atomic E-state index is 0. The van der Waals surface area contributed by atoms with Crippen molar-refractivity contribution < 1.29 is 9.59 Å². The van der Waals surface area contributed by atoms with E-state index >= 15 is 0 Å². The molecule has 0 aromatic heterocycles. The van der Waals surface area contributed by atoms with Crippen molar-refractivity contribution in [3.8, 4) is 0 Å². The maximum absolute atomic E-state index is 11.6. The van der Waals surface area contributed by atoms with Crippen molar-refractivity contribution >= 4 is 24.2 Å². The van der Waals surface area contributed by atoms with Gasteiger partial charge in [0.15, 0.2) is 0 Å². The van der Waals surface area contributed by atoms with Crippen molar-refractivity contribution in [1.82, 2.24) is 10.6 Å². The minimum atomic E-state index is -0.100. The van der Waals surface area contributed by atoms with Gasteiger partial charge in [0.1, 0.15) is 5.78 Å². The molecule has 0 atom stereocenters. The Morgan fingerprint density at radius 3 is 1.70 bits per heavy atom. The van der Waals surface area contributed by atoms with Gasteiger partial charge in [-0.25, -0.2) is 4.79 Å². The van der Waals surface area contributed by atoms with Crippen LogP contribution in [0.2, 0.25) is 0 Å². The summed E-state index contributed by atoms with van der Waals surface area (Å²) in [5, 5.41) is 5.65. The highest BCUT2D eigenvalue weighted by atomic mass is 35.5. The summed E-state index contributed by atoms with van der Waals surface area (Å²) < 4.78 is 0. The molecule has 0 aromatic carbocycles. The van der Waals surface area contributed by atoms with Crippen LogP contribution >= 0.6 is 12.4 Å². The maximum Gasteiger partial charge on any atom is 0.314 e. The van der Waals surface area contributed by atoms with Crippen LogP contribution in [-0.4, -0.2) is 24.9 Å². The van der Waals surface area contributed by atoms with Crippen molar-refractivity contribution in [2.45, 2.75) is 70.6 Å². The summed E-state index contributed by atoms with van der Waals surface area (Å²) in [4.78, 5) is 23.0. The first-order valence-corrected chi connectivity index (χ1v) is 7.82. The molecule has 2 N–H and O–H groups in total. The summed E-state index contributed by atoms with van der Waals surface area (Å²) in [6.45, 7) is 1.35. The number of hydrogen-bond donors (Lipinski definition) is 2. The van der Waals surface area contributed by atoms with Gasteiger partial charge in [0, 0.05) is 25.9 Å². The summed E-state index contributed by atoms with van der Waals surface area (Å²) >= 11 is 0. The van der Waals surface area contributed by atoms with Gasteiger partial charge >= 0.3 is 6.03 Å². The number of urea groups is 1. The fourth-order valence-electron chi connectivity index (χ4n) is 2.38. The molecule has 0 aliphatic carbocycles. The summed E-state index contributed by atoms with van der Waals surface area (Å²) in [6, 6.07) is -0.100. The van der Waals surface area contributed by atoms with Crippen LogP contribution in [0, 0.1) is 0 Å². The Labute approximate surface area is 128 Å². The number of Topliss-reactive ketones (excluding diaryl/α,β-unsaturated/α-hetero) is 1. The van der Waals surface area contributed by atoms with Gasteiger partial charge in [0.25, 0.3) is 0 Å². The second-order valence-corrected chi connectivity index (χ2v) is 5.40. The molecule has 1 heterocycles. The van der Waals surface area contributed by atoms with Crippen LogP contribution in [0.1, 0.15) is 70.6 Å². The number of amides is 2. The number of ketones is 1. The molecule has 1 aliphatic rings. The number of halogens is 1. The molecule has 1 aliphatic heterocycles. The first-order chi connectivity index (χ1) is 9.29. The van der Waals surface area contributed by atoms with E-state index < -0.39 is 0 Å². The first-order valence-electron chi connectivity index (χ1n) is 7.82. The number of carbonyl (C=O) groups excluding carboxylic acids is 2. The number of nitrogens with one attached hydrogen (secondary N) is 2. The van der Waals surface area contributed by atoms with Crippen molar-refractivity contribution in [3.05, 3.63) is 0 Å². The molecule has 2 amide bonds. The molecule has 4 nitrogen and oxygen atoms in total. The Morgan fingerprint density at radius 2 is 1.05 bits per heavy atom. The van der Waals surface area contributed by atoms with Gasteiger partial charge in [0.05, 0.1) is 0 Å². The van der Waals surface area contributed by atoms with Gasteiger partial charge in [-0.3, -0.25) is 4.79 Å². The molecule has 0 radical (unpaired) electrons. The van der Waals surface area contributed by atoms with Crippen molar-refractivity contribution in [3.63, 3.8) is 0 Å². The zero-order valence-corrected chi connectivity index (χ0v) is 13.2. The van der Waals surface area contributed by atoms with E-state index in [2.05, 4.69) is 10.6 Å². The predicted octanol–water partition coefficient (Wildman–Crippen LogP) is 3.58. The fourth-order valence-corrected chi connectivity index (χ4v) is 2.38. The van der Waals surface area contributed by atoms with E-state index in [9.17, 15) is 9.59 Å². The van der Waals surface area contributed by atoms with Gasteiger partial charge in [-0.15, -0.1) is 12.4 Å². The Kier molecular flexibility index (Phi) is 12.7. The van der Waals surface area contributed by atoms with E-state index in [1.807, 2.05) is 0 Å². The van der Waals surface area contributed by atoms with Crippen LogP contribution in [0.5, 0.6) is 0 Å². The molecule has 0 unspecified atom stereocenters. The van der Waals surface area contributed by atoms with Gasteiger partial charge in [-0.1, -0.05) is 38.5 Å². The summed E-state index contributed by atoms with van der Waals surface area (Å²) in [6.07, 6.45) is 11.6. The van der Waals surface area contributed by atoms with Crippen molar-refractivity contribution in [2.75, 3.05) is 13.1 Å². The quantitative estimate of drug-likeness (QED) is 0.718. The van der Waals surface area contributed by atoms with Crippen LogP contribution in [0.3, 0.4) is 0 Å². The highest BCUT2D eigenvalue weighted by molar-refractivity contribution is 5.85. The fraction of sp³-hybridized carbons (Fsp3) is 0.867.